The van der Waals surface area contributed by atoms with Crippen LogP contribution in [0.1, 0.15) is 43.7 Å². The third-order valence-electron chi connectivity index (χ3n) is 3.12. The molecule has 1 N–H and O–H groups in total. The Morgan fingerprint density at radius 2 is 1.68 bits per heavy atom. The van der Waals surface area contributed by atoms with E-state index < -0.39 is 6.10 Å². The van der Waals surface area contributed by atoms with Gasteiger partial charge < -0.3 is 5.11 Å². The van der Waals surface area contributed by atoms with Crippen molar-refractivity contribution in [1.29, 1.82) is 0 Å². The number of rotatable bonds is 2. The minimum Gasteiger partial charge on any atom is -0.382 e. The molecule has 0 spiro atoms. The van der Waals surface area contributed by atoms with Gasteiger partial charge in [0.25, 0.3) is 0 Å². The lowest BCUT2D eigenvalue weighted by Gasteiger charge is -2.20. The molecule has 0 saturated heterocycles. The summed E-state index contributed by atoms with van der Waals surface area (Å²) in [5.74, 6) is 0. The molecule has 0 fully saturated rings. The molecule has 100 valence electrons. The molecule has 1 atom stereocenters. The Bertz CT molecular complexity index is 540. The first-order valence-corrected chi connectivity index (χ1v) is 6.66. The molecule has 0 radical (unpaired) electrons. The molecule has 0 aliphatic carbocycles. The maximum absolute atomic E-state index is 10.3. The summed E-state index contributed by atoms with van der Waals surface area (Å²) >= 11 is 5.79. The van der Waals surface area contributed by atoms with Crippen molar-refractivity contribution in [2.75, 3.05) is 0 Å². The van der Waals surface area contributed by atoms with Gasteiger partial charge in [0.1, 0.15) is 6.10 Å². The normalized spacial score (nSPS) is 13.3. The number of halogens is 1. The predicted octanol–water partition coefficient (Wildman–Crippen LogP) is 4.11. The van der Waals surface area contributed by atoms with Gasteiger partial charge in [-0.15, -0.1) is 0 Å². The van der Waals surface area contributed by atoms with Crippen LogP contribution < -0.4 is 0 Å². The second-order valence-corrected chi connectivity index (χ2v) is 6.11. The summed E-state index contributed by atoms with van der Waals surface area (Å²) in [6, 6.07) is 11.5. The van der Waals surface area contributed by atoms with Crippen molar-refractivity contribution in [3.8, 4) is 0 Å². The molecule has 0 saturated carbocycles. The van der Waals surface area contributed by atoms with Crippen molar-refractivity contribution in [3.05, 3.63) is 64.4 Å². The highest BCUT2D eigenvalue weighted by Gasteiger charge is 2.16. The Kier molecular flexibility index (Phi) is 3.93. The number of hydrogen-bond acceptors (Lipinski definition) is 2. The van der Waals surface area contributed by atoms with Gasteiger partial charge in [0.05, 0.1) is 10.7 Å². The Hall–Kier alpha value is -1.38. The predicted molar refractivity (Wildman–Crippen MR) is 78.5 cm³/mol. The minimum absolute atomic E-state index is 0.113. The second-order valence-electron chi connectivity index (χ2n) is 5.68. The molecule has 3 heteroatoms. The zero-order chi connectivity index (χ0) is 14.0. The Morgan fingerprint density at radius 3 is 2.16 bits per heavy atom. The summed E-state index contributed by atoms with van der Waals surface area (Å²) in [6.45, 7) is 6.50. The zero-order valence-electron chi connectivity index (χ0n) is 11.4. The monoisotopic (exact) mass is 275 g/mol. The standard InChI is InChI=1S/C16H18ClNO/c1-16(2,3)12-6-4-11(5-7-12)15(19)14-9-8-13(17)10-18-14/h4-10,15,19H,1-3H3. The number of aliphatic hydroxyl groups is 1. The van der Waals surface area contributed by atoms with Gasteiger partial charge in [0.2, 0.25) is 0 Å². The highest BCUT2D eigenvalue weighted by atomic mass is 35.5. The third-order valence-corrected chi connectivity index (χ3v) is 3.35. The maximum atomic E-state index is 10.3. The van der Waals surface area contributed by atoms with Crippen LogP contribution in [0.5, 0.6) is 0 Å². The van der Waals surface area contributed by atoms with Crippen LogP contribution in [0.3, 0.4) is 0 Å². The van der Waals surface area contributed by atoms with Gasteiger partial charge >= 0.3 is 0 Å². The van der Waals surface area contributed by atoms with Crippen molar-refractivity contribution < 1.29 is 5.11 Å². The highest BCUT2D eigenvalue weighted by Crippen LogP contribution is 2.26. The van der Waals surface area contributed by atoms with E-state index in [0.717, 1.165) is 5.56 Å². The van der Waals surface area contributed by atoms with E-state index in [1.54, 1.807) is 18.3 Å². The Balaban J connectivity index is 2.25. The van der Waals surface area contributed by atoms with Crippen LogP contribution in [0.4, 0.5) is 0 Å². The van der Waals surface area contributed by atoms with Gasteiger partial charge in [-0.05, 0) is 28.7 Å². The number of hydrogen-bond donors (Lipinski definition) is 1. The number of aromatic nitrogens is 1. The highest BCUT2D eigenvalue weighted by molar-refractivity contribution is 6.30. The van der Waals surface area contributed by atoms with Gasteiger partial charge in [0.15, 0.2) is 0 Å². The molecule has 0 bridgehead atoms. The first-order chi connectivity index (χ1) is 8.88. The first kappa shape index (κ1) is 14.0. The fraction of sp³-hybridized carbons (Fsp3) is 0.312. The van der Waals surface area contributed by atoms with Gasteiger partial charge in [-0.3, -0.25) is 4.98 Å². The van der Waals surface area contributed by atoms with E-state index in [1.807, 2.05) is 12.1 Å². The summed E-state index contributed by atoms with van der Waals surface area (Å²) in [5.41, 5.74) is 2.80. The van der Waals surface area contributed by atoms with Crippen LogP contribution in [-0.4, -0.2) is 10.1 Å². The lowest BCUT2D eigenvalue weighted by atomic mass is 9.86. The van der Waals surface area contributed by atoms with Crippen LogP contribution in [0, 0.1) is 0 Å². The molecule has 1 unspecified atom stereocenters. The van der Waals surface area contributed by atoms with Gasteiger partial charge in [0, 0.05) is 6.20 Å². The van der Waals surface area contributed by atoms with Crippen LogP contribution in [0.15, 0.2) is 42.6 Å². The molecule has 2 nitrogen and oxygen atoms in total. The van der Waals surface area contributed by atoms with E-state index >= 15 is 0 Å². The SMILES string of the molecule is CC(C)(C)c1ccc(C(O)c2ccc(Cl)cn2)cc1. The molecule has 2 aromatic rings. The summed E-state index contributed by atoms with van der Waals surface area (Å²) in [6.07, 6.45) is 0.829. The van der Waals surface area contributed by atoms with Gasteiger partial charge in [-0.1, -0.05) is 56.6 Å². The zero-order valence-corrected chi connectivity index (χ0v) is 12.1. The molecule has 1 aromatic heterocycles. The third kappa shape index (κ3) is 3.34. The van der Waals surface area contributed by atoms with Crippen LogP contribution in [0.25, 0.3) is 0 Å². The summed E-state index contributed by atoms with van der Waals surface area (Å²) < 4.78 is 0. The van der Waals surface area contributed by atoms with Gasteiger partial charge in [-0.25, -0.2) is 0 Å². The number of benzene rings is 1. The molecular weight excluding hydrogens is 258 g/mol. The summed E-state index contributed by atoms with van der Waals surface area (Å²) in [7, 11) is 0. The summed E-state index contributed by atoms with van der Waals surface area (Å²) in [4.78, 5) is 4.14. The number of pyridine rings is 1. The van der Waals surface area contributed by atoms with Crippen molar-refractivity contribution in [1.82, 2.24) is 4.98 Å². The molecule has 19 heavy (non-hydrogen) atoms. The van der Waals surface area contributed by atoms with E-state index in [9.17, 15) is 5.11 Å². The average molecular weight is 276 g/mol. The number of nitrogens with zero attached hydrogens (tertiary/aromatic N) is 1. The van der Waals surface area contributed by atoms with Crippen molar-refractivity contribution >= 4 is 11.6 Å². The molecule has 0 amide bonds. The Morgan fingerprint density at radius 1 is 1.05 bits per heavy atom. The van der Waals surface area contributed by atoms with Crippen molar-refractivity contribution in [2.45, 2.75) is 32.3 Å². The van der Waals surface area contributed by atoms with E-state index in [0.29, 0.717) is 10.7 Å². The molecule has 2 rings (SSSR count). The molecular formula is C16H18ClNO. The average Bonchev–Trinajstić information content (AvgIpc) is 2.38. The van der Waals surface area contributed by atoms with E-state index in [2.05, 4.69) is 37.9 Å². The van der Waals surface area contributed by atoms with E-state index in [4.69, 9.17) is 11.6 Å². The van der Waals surface area contributed by atoms with Crippen LogP contribution >= 0.6 is 11.6 Å². The quantitative estimate of drug-likeness (QED) is 0.894. The van der Waals surface area contributed by atoms with Gasteiger partial charge in [-0.2, -0.15) is 0 Å². The molecule has 1 heterocycles. The smallest absolute Gasteiger partial charge is 0.121 e. The largest absolute Gasteiger partial charge is 0.382 e. The van der Waals surface area contributed by atoms with Crippen LogP contribution in [0.2, 0.25) is 5.02 Å². The lowest BCUT2D eigenvalue weighted by Crippen LogP contribution is -2.11. The van der Waals surface area contributed by atoms with Crippen molar-refractivity contribution in [3.63, 3.8) is 0 Å². The molecule has 0 aliphatic heterocycles. The molecule has 0 aliphatic rings. The first-order valence-electron chi connectivity index (χ1n) is 6.28. The lowest BCUT2D eigenvalue weighted by molar-refractivity contribution is 0.215. The topological polar surface area (TPSA) is 33.1 Å². The fourth-order valence-corrected chi connectivity index (χ4v) is 2.00. The second kappa shape index (κ2) is 5.32. The fourth-order valence-electron chi connectivity index (χ4n) is 1.89. The summed E-state index contributed by atoms with van der Waals surface area (Å²) in [5, 5.41) is 10.8. The van der Waals surface area contributed by atoms with E-state index in [-0.39, 0.29) is 5.41 Å². The maximum Gasteiger partial charge on any atom is 0.121 e. The minimum atomic E-state index is -0.716. The molecule has 1 aromatic carbocycles. The Labute approximate surface area is 119 Å². The van der Waals surface area contributed by atoms with E-state index in [1.165, 1.54) is 5.56 Å². The van der Waals surface area contributed by atoms with Crippen molar-refractivity contribution in [2.24, 2.45) is 0 Å². The number of aliphatic hydroxyl groups excluding tert-OH is 1. The van der Waals surface area contributed by atoms with Crippen LogP contribution in [-0.2, 0) is 5.41 Å².